The van der Waals surface area contributed by atoms with Crippen LogP contribution in [0.4, 0.5) is 0 Å². The summed E-state index contributed by atoms with van der Waals surface area (Å²) in [6.07, 6.45) is 0.308. The monoisotopic (exact) mass is 294 g/mol. The number of aromatic amines is 1. The number of aromatic nitrogens is 2. The van der Waals surface area contributed by atoms with Gasteiger partial charge in [-0.05, 0) is 25.0 Å². The lowest BCUT2D eigenvalue weighted by Crippen LogP contribution is -2.38. The fourth-order valence-electron chi connectivity index (χ4n) is 2.75. The van der Waals surface area contributed by atoms with Crippen molar-refractivity contribution in [3.8, 4) is 0 Å². The van der Waals surface area contributed by atoms with Crippen molar-refractivity contribution in [2.24, 2.45) is 0 Å². The molecule has 106 valence electrons. The van der Waals surface area contributed by atoms with Crippen molar-refractivity contribution < 1.29 is 8.42 Å². The fourth-order valence-corrected chi connectivity index (χ4v) is 4.45. The standard InChI is InChI=1S/C13H14N2O4S/c1-8-3-2-4-10-11(8)12(16)15(13(17)14-10)9-5-6-20(18,19)7-9/h2-4,9H,5-7H2,1H3,(H,14,17). The minimum atomic E-state index is -3.15. The third-order valence-corrected chi connectivity index (χ3v) is 5.49. The van der Waals surface area contributed by atoms with Gasteiger partial charge in [0.2, 0.25) is 0 Å². The number of aryl methyl sites for hydroxylation is 1. The SMILES string of the molecule is Cc1cccc2[nH]c(=O)n(C3CCS(=O)(=O)C3)c(=O)c12. The van der Waals surface area contributed by atoms with Gasteiger partial charge in [-0.2, -0.15) is 0 Å². The molecule has 0 spiro atoms. The van der Waals surface area contributed by atoms with Gasteiger partial charge in [-0.1, -0.05) is 12.1 Å². The highest BCUT2D eigenvalue weighted by Gasteiger charge is 2.31. The van der Waals surface area contributed by atoms with E-state index in [0.29, 0.717) is 17.3 Å². The third kappa shape index (κ3) is 1.98. The molecule has 2 aromatic rings. The number of hydrogen-bond acceptors (Lipinski definition) is 4. The number of nitrogens with zero attached hydrogens (tertiary/aromatic N) is 1. The third-order valence-electron chi connectivity index (χ3n) is 3.74. The molecule has 20 heavy (non-hydrogen) atoms. The van der Waals surface area contributed by atoms with E-state index < -0.39 is 27.1 Å². The van der Waals surface area contributed by atoms with E-state index in [9.17, 15) is 18.0 Å². The van der Waals surface area contributed by atoms with E-state index in [4.69, 9.17) is 0 Å². The van der Waals surface area contributed by atoms with Gasteiger partial charge in [-0.25, -0.2) is 13.2 Å². The van der Waals surface area contributed by atoms with Crippen LogP contribution in [0.3, 0.4) is 0 Å². The summed E-state index contributed by atoms with van der Waals surface area (Å²) in [6, 6.07) is 4.65. The summed E-state index contributed by atoms with van der Waals surface area (Å²) in [6.45, 7) is 1.79. The number of hydrogen-bond donors (Lipinski definition) is 1. The van der Waals surface area contributed by atoms with Crippen LogP contribution in [0.2, 0.25) is 0 Å². The zero-order valence-electron chi connectivity index (χ0n) is 10.9. The minimum absolute atomic E-state index is 0.0232. The Bertz CT molecular complexity index is 908. The lowest BCUT2D eigenvalue weighted by atomic mass is 10.1. The summed E-state index contributed by atoms with van der Waals surface area (Å²) in [5.74, 6) is -0.122. The van der Waals surface area contributed by atoms with E-state index in [1.165, 1.54) is 0 Å². The molecule has 6 nitrogen and oxygen atoms in total. The second kappa shape index (κ2) is 4.31. The Morgan fingerprint density at radius 3 is 2.70 bits per heavy atom. The molecule has 3 rings (SSSR count). The number of nitrogens with one attached hydrogen (secondary N) is 1. The van der Waals surface area contributed by atoms with Crippen molar-refractivity contribution in [2.75, 3.05) is 11.5 Å². The number of fused-ring (bicyclic) bond motifs is 1. The summed E-state index contributed by atoms with van der Waals surface area (Å²) in [5.41, 5.74) is 0.287. The predicted molar refractivity (Wildman–Crippen MR) is 75.9 cm³/mol. The fraction of sp³-hybridized carbons (Fsp3) is 0.385. The first-order valence-corrected chi connectivity index (χ1v) is 8.16. The van der Waals surface area contributed by atoms with E-state index in [-0.39, 0.29) is 11.5 Å². The largest absolute Gasteiger partial charge is 0.329 e. The van der Waals surface area contributed by atoms with Crippen LogP contribution in [-0.4, -0.2) is 29.5 Å². The average molecular weight is 294 g/mol. The molecule has 0 saturated carbocycles. The number of rotatable bonds is 1. The number of benzene rings is 1. The van der Waals surface area contributed by atoms with Crippen LogP contribution >= 0.6 is 0 Å². The Morgan fingerprint density at radius 1 is 1.30 bits per heavy atom. The maximum absolute atomic E-state index is 12.5. The Labute approximate surface area is 115 Å². The van der Waals surface area contributed by atoms with Gasteiger partial charge < -0.3 is 4.98 Å². The number of H-pyrrole nitrogens is 1. The zero-order chi connectivity index (χ0) is 14.5. The van der Waals surface area contributed by atoms with Crippen molar-refractivity contribution in [1.82, 2.24) is 9.55 Å². The number of sulfone groups is 1. The molecule has 1 aromatic carbocycles. The van der Waals surface area contributed by atoms with Gasteiger partial charge in [-0.3, -0.25) is 9.36 Å². The molecule has 1 atom stereocenters. The first-order chi connectivity index (χ1) is 9.39. The van der Waals surface area contributed by atoms with Crippen LogP contribution in [0.5, 0.6) is 0 Å². The first-order valence-electron chi connectivity index (χ1n) is 6.33. The van der Waals surface area contributed by atoms with E-state index in [2.05, 4.69) is 4.98 Å². The summed E-state index contributed by atoms with van der Waals surface area (Å²) in [7, 11) is -3.15. The van der Waals surface area contributed by atoms with E-state index in [0.717, 1.165) is 10.1 Å². The van der Waals surface area contributed by atoms with Crippen LogP contribution in [0, 0.1) is 6.92 Å². The Kier molecular flexibility index (Phi) is 2.82. The van der Waals surface area contributed by atoms with Crippen LogP contribution in [0.15, 0.2) is 27.8 Å². The van der Waals surface area contributed by atoms with Gasteiger partial charge in [0.25, 0.3) is 5.56 Å². The quantitative estimate of drug-likeness (QED) is 0.822. The first kappa shape index (κ1) is 13.1. The summed E-state index contributed by atoms with van der Waals surface area (Å²) >= 11 is 0. The molecule has 0 amide bonds. The molecule has 0 bridgehead atoms. The highest BCUT2D eigenvalue weighted by atomic mass is 32.2. The highest BCUT2D eigenvalue weighted by Crippen LogP contribution is 2.21. The molecule has 1 fully saturated rings. The molecule has 7 heteroatoms. The average Bonchev–Trinajstić information content (AvgIpc) is 2.69. The maximum atomic E-state index is 12.5. The van der Waals surface area contributed by atoms with Crippen molar-refractivity contribution in [2.45, 2.75) is 19.4 Å². The molecular formula is C13H14N2O4S. The van der Waals surface area contributed by atoms with Gasteiger partial charge in [0, 0.05) is 0 Å². The van der Waals surface area contributed by atoms with Gasteiger partial charge >= 0.3 is 5.69 Å². The van der Waals surface area contributed by atoms with Crippen LogP contribution < -0.4 is 11.2 Å². The second-order valence-corrected chi connectivity index (χ2v) is 7.39. The molecule has 1 unspecified atom stereocenters. The van der Waals surface area contributed by atoms with Crippen LogP contribution in [0.1, 0.15) is 18.0 Å². The Hall–Kier alpha value is -1.89. The molecule has 1 aliphatic rings. The molecule has 0 radical (unpaired) electrons. The molecule has 1 aromatic heterocycles. The van der Waals surface area contributed by atoms with Crippen molar-refractivity contribution in [1.29, 1.82) is 0 Å². The summed E-state index contributed by atoms with van der Waals surface area (Å²) in [5, 5.41) is 0.441. The summed E-state index contributed by atoms with van der Waals surface area (Å²) in [4.78, 5) is 27.2. The minimum Gasteiger partial charge on any atom is -0.307 e. The predicted octanol–water partition coefficient (Wildman–Crippen LogP) is 0.358. The van der Waals surface area contributed by atoms with Gasteiger partial charge in [0.1, 0.15) is 0 Å². The van der Waals surface area contributed by atoms with Gasteiger partial charge in [0.05, 0.1) is 28.5 Å². The molecule has 0 aliphatic carbocycles. The van der Waals surface area contributed by atoms with Crippen molar-refractivity contribution in [3.05, 3.63) is 44.6 Å². The highest BCUT2D eigenvalue weighted by molar-refractivity contribution is 7.91. The summed E-state index contributed by atoms with van der Waals surface area (Å²) < 4.78 is 24.1. The maximum Gasteiger partial charge on any atom is 0.329 e. The molecular weight excluding hydrogens is 280 g/mol. The van der Waals surface area contributed by atoms with Crippen molar-refractivity contribution >= 4 is 20.7 Å². The van der Waals surface area contributed by atoms with Gasteiger partial charge in [0.15, 0.2) is 9.84 Å². The molecule has 2 heterocycles. The van der Waals surface area contributed by atoms with E-state index in [1.807, 2.05) is 0 Å². The lowest BCUT2D eigenvalue weighted by Gasteiger charge is -2.12. The Morgan fingerprint density at radius 2 is 2.05 bits per heavy atom. The smallest absolute Gasteiger partial charge is 0.307 e. The van der Waals surface area contributed by atoms with Crippen LogP contribution in [-0.2, 0) is 9.84 Å². The topological polar surface area (TPSA) is 89.0 Å². The molecule has 1 N–H and O–H groups in total. The zero-order valence-corrected chi connectivity index (χ0v) is 11.7. The van der Waals surface area contributed by atoms with Crippen LogP contribution in [0.25, 0.3) is 10.9 Å². The molecule has 1 saturated heterocycles. The van der Waals surface area contributed by atoms with E-state index in [1.54, 1.807) is 25.1 Å². The molecule has 1 aliphatic heterocycles. The van der Waals surface area contributed by atoms with E-state index >= 15 is 0 Å². The second-order valence-electron chi connectivity index (χ2n) is 5.16. The lowest BCUT2D eigenvalue weighted by molar-refractivity contribution is 0.517. The normalized spacial score (nSPS) is 21.4. The van der Waals surface area contributed by atoms with Gasteiger partial charge in [-0.15, -0.1) is 0 Å². The van der Waals surface area contributed by atoms with Crippen molar-refractivity contribution in [3.63, 3.8) is 0 Å². The Balaban J connectivity index is 2.30.